The zero-order valence-electron chi connectivity index (χ0n) is 18.9. The molecule has 6 nitrogen and oxygen atoms in total. The smallest absolute Gasteiger partial charge is 0.282 e. The highest BCUT2D eigenvalue weighted by Gasteiger charge is 2.40. The number of nitrogens with one attached hydrogen (secondary N) is 1. The third-order valence-electron chi connectivity index (χ3n) is 5.03. The minimum atomic E-state index is -0.412. The summed E-state index contributed by atoms with van der Waals surface area (Å²) in [6, 6.07) is 23.4. The number of hydrogen-bond acceptors (Lipinski definition) is 5. The predicted molar refractivity (Wildman–Crippen MR) is 129 cm³/mol. The van der Waals surface area contributed by atoms with Crippen LogP contribution in [0.1, 0.15) is 26.3 Å². The summed E-state index contributed by atoms with van der Waals surface area (Å²) in [7, 11) is 0. The normalized spacial score (nSPS) is 13.6. The van der Waals surface area contributed by atoms with Crippen LogP contribution < -0.4 is 19.7 Å². The molecule has 0 radical (unpaired) electrons. The summed E-state index contributed by atoms with van der Waals surface area (Å²) < 4.78 is 11.3. The Morgan fingerprint density at radius 2 is 1.58 bits per heavy atom. The lowest BCUT2D eigenvalue weighted by Crippen LogP contribution is -2.32. The molecule has 0 bridgehead atoms. The molecule has 4 rings (SSSR count). The molecule has 0 fully saturated rings. The summed E-state index contributed by atoms with van der Waals surface area (Å²) in [6.07, 6.45) is 0.0353. The Morgan fingerprint density at radius 1 is 0.848 bits per heavy atom. The molecule has 0 atom stereocenters. The summed E-state index contributed by atoms with van der Waals surface area (Å²) in [5, 5.41) is 3.17. The third-order valence-corrected chi connectivity index (χ3v) is 5.03. The fourth-order valence-corrected chi connectivity index (χ4v) is 3.67. The van der Waals surface area contributed by atoms with E-state index < -0.39 is 5.91 Å². The number of nitrogens with zero attached hydrogens (tertiary/aromatic N) is 1. The molecule has 0 aromatic heterocycles. The fourth-order valence-electron chi connectivity index (χ4n) is 3.67. The topological polar surface area (TPSA) is 67.9 Å². The highest BCUT2D eigenvalue weighted by molar-refractivity contribution is 6.46. The van der Waals surface area contributed by atoms with Gasteiger partial charge in [0.15, 0.2) is 0 Å². The Labute approximate surface area is 193 Å². The van der Waals surface area contributed by atoms with Gasteiger partial charge < -0.3 is 14.8 Å². The van der Waals surface area contributed by atoms with Crippen molar-refractivity contribution in [2.24, 2.45) is 0 Å². The van der Waals surface area contributed by atoms with Gasteiger partial charge in [0.1, 0.15) is 17.2 Å². The lowest BCUT2D eigenvalue weighted by molar-refractivity contribution is -0.120. The standard InChI is InChI=1S/C27H26N2O4/c1-4-32-23-12-8-9-20(17-23)28-25-24(19-13-15-22(16-14-19)33-18(2)3)26(30)29(27(25)31)21-10-6-5-7-11-21/h5-18,28H,4H2,1-3H3. The maximum absolute atomic E-state index is 13.5. The monoisotopic (exact) mass is 442 g/mol. The largest absolute Gasteiger partial charge is 0.494 e. The number of hydrogen-bond donors (Lipinski definition) is 1. The van der Waals surface area contributed by atoms with Gasteiger partial charge in [0.25, 0.3) is 11.8 Å². The van der Waals surface area contributed by atoms with Crippen molar-refractivity contribution in [2.75, 3.05) is 16.8 Å². The second kappa shape index (κ2) is 9.61. The van der Waals surface area contributed by atoms with E-state index in [1.807, 2.05) is 45.0 Å². The molecule has 0 unspecified atom stereocenters. The van der Waals surface area contributed by atoms with Crippen molar-refractivity contribution in [1.82, 2.24) is 0 Å². The van der Waals surface area contributed by atoms with E-state index in [0.717, 1.165) is 0 Å². The Balaban J connectivity index is 1.76. The van der Waals surface area contributed by atoms with Gasteiger partial charge >= 0.3 is 0 Å². The van der Waals surface area contributed by atoms with Crippen molar-refractivity contribution >= 4 is 28.8 Å². The molecule has 3 aromatic carbocycles. The van der Waals surface area contributed by atoms with Gasteiger partial charge in [-0.3, -0.25) is 9.59 Å². The molecule has 33 heavy (non-hydrogen) atoms. The minimum absolute atomic E-state index is 0.0353. The SMILES string of the molecule is CCOc1cccc(NC2=C(c3ccc(OC(C)C)cc3)C(=O)N(c3ccccc3)C2=O)c1. The number of anilines is 2. The predicted octanol–water partition coefficient (Wildman–Crippen LogP) is 5.27. The van der Waals surface area contributed by atoms with Gasteiger partial charge in [-0.1, -0.05) is 36.4 Å². The van der Waals surface area contributed by atoms with Crippen molar-refractivity contribution in [3.8, 4) is 11.5 Å². The van der Waals surface area contributed by atoms with E-state index in [4.69, 9.17) is 9.47 Å². The van der Waals surface area contributed by atoms with Crippen LogP contribution in [0, 0.1) is 0 Å². The van der Waals surface area contributed by atoms with Crippen molar-refractivity contribution < 1.29 is 19.1 Å². The van der Waals surface area contributed by atoms with Gasteiger partial charge in [0, 0.05) is 11.8 Å². The van der Waals surface area contributed by atoms with E-state index in [9.17, 15) is 9.59 Å². The van der Waals surface area contributed by atoms with E-state index >= 15 is 0 Å². The lowest BCUT2D eigenvalue weighted by Gasteiger charge is -2.15. The summed E-state index contributed by atoms with van der Waals surface area (Å²) in [5.41, 5.74) is 2.33. The molecular formula is C27H26N2O4. The average molecular weight is 443 g/mol. The van der Waals surface area contributed by atoms with Crippen LogP contribution in [0.5, 0.6) is 11.5 Å². The van der Waals surface area contributed by atoms with Gasteiger partial charge in [-0.05, 0) is 62.7 Å². The zero-order valence-corrected chi connectivity index (χ0v) is 18.9. The van der Waals surface area contributed by atoms with Crippen LogP contribution in [-0.4, -0.2) is 24.5 Å². The van der Waals surface area contributed by atoms with Crippen molar-refractivity contribution in [2.45, 2.75) is 26.9 Å². The molecule has 0 saturated heterocycles. The average Bonchev–Trinajstić information content (AvgIpc) is 3.04. The number of ether oxygens (including phenoxy) is 2. The van der Waals surface area contributed by atoms with Gasteiger partial charge in [-0.15, -0.1) is 0 Å². The van der Waals surface area contributed by atoms with Crippen molar-refractivity contribution in [3.63, 3.8) is 0 Å². The van der Waals surface area contributed by atoms with E-state index in [0.29, 0.717) is 40.6 Å². The van der Waals surface area contributed by atoms with Crippen molar-refractivity contribution in [3.05, 3.63) is 90.1 Å². The Kier molecular flexibility index (Phi) is 6.45. The molecule has 6 heteroatoms. The zero-order chi connectivity index (χ0) is 23.4. The molecule has 1 aliphatic rings. The first-order chi connectivity index (χ1) is 16.0. The first-order valence-corrected chi connectivity index (χ1v) is 10.9. The molecule has 1 aliphatic heterocycles. The molecule has 0 spiro atoms. The molecular weight excluding hydrogens is 416 g/mol. The maximum atomic E-state index is 13.5. The number of imide groups is 1. The molecule has 168 valence electrons. The van der Waals surface area contributed by atoms with Crippen LogP contribution in [0.2, 0.25) is 0 Å². The van der Waals surface area contributed by atoms with Gasteiger partial charge in [0.2, 0.25) is 0 Å². The number of benzene rings is 3. The van der Waals surface area contributed by atoms with Crippen LogP contribution in [-0.2, 0) is 9.59 Å². The van der Waals surface area contributed by atoms with Crippen LogP contribution >= 0.6 is 0 Å². The van der Waals surface area contributed by atoms with E-state index in [1.54, 1.807) is 54.6 Å². The number of carbonyl (C=O) groups is 2. The lowest BCUT2D eigenvalue weighted by atomic mass is 10.0. The van der Waals surface area contributed by atoms with Crippen LogP contribution in [0.15, 0.2) is 84.6 Å². The number of amides is 2. The van der Waals surface area contributed by atoms with Gasteiger partial charge in [-0.25, -0.2) is 4.90 Å². The first kappa shape index (κ1) is 22.1. The van der Waals surface area contributed by atoms with Gasteiger partial charge in [0.05, 0.1) is 24.0 Å². The quantitative estimate of drug-likeness (QED) is 0.482. The van der Waals surface area contributed by atoms with Crippen LogP contribution in [0.25, 0.3) is 5.57 Å². The molecule has 0 aliphatic carbocycles. The van der Waals surface area contributed by atoms with Crippen LogP contribution in [0.3, 0.4) is 0 Å². The second-order valence-corrected chi connectivity index (χ2v) is 7.81. The fraction of sp³-hybridized carbons (Fsp3) is 0.185. The highest BCUT2D eigenvalue weighted by Crippen LogP contribution is 2.34. The summed E-state index contributed by atoms with van der Waals surface area (Å²) in [5.74, 6) is 0.583. The van der Waals surface area contributed by atoms with E-state index in [1.165, 1.54) is 4.90 Å². The summed E-state index contributed by atoms with van der Waals surface area (Å²) in [4.78, 5) is 28.2. The van der Waals surface area contributed by atoms with E-state index in [2.05, 4.69) is 5.32 Å². The first-order valence-electron chi connectivity index (χ1n) is 10.9. The minimum Gasteiger partial charge on any atom is -0.494 e. The Morgan fingerprint density at radius 3 is 2.24 bits per heavy atom. The number of para-hydroxylation sites is 1. The molecule has 3 aromatic rings. The summed E-state index contributed by atoms with van der Waals surface area (Å²) in [6.45, 7) is 6.34. The number of rotatable bonds is 8. The Hall–Kier alpha value is -4.06. The Bertz CT molecular complexity index is 1180. The summed E-state index contributed by atoms with van der Waals surface area (Å²) >= 11 is 0. The number of carbonyl (C=O) groups excluding carboxylic acids is 2. The van der Waals surface area contributed by atoms with E-state index in [-0.39, 0.29) is 17.7 Å². The molecule has 1 heterocycles. The second-order valence-electron chi connectivity index (χ2n) is 7.81. The maximum Gasteiger partial charge on any atom is 0.282 e. The van der Waals surface area contributed by atoms with Gasteiger partial charge in [-0.2, -0.15) is 0 Å². The molecule has 2 amide bonds. The molecule has 0 saturated carbocycles. The third kappa shape index (κ3) is 4.75. The van der Waals surface area contributed by atoms with Crippen LogP contribution in [0.4, 0.5) is 11.4 Å². The van der Waals surface area contributed by atoms with Crippen molar-refractivity contribution in [1.29, 1.82) is 0 Å². The highest BCUT2D eigenvalue weighted by atomic mass is 16.5. The molecule has 1 N–H and O–H groups in total.